The molecule has 0 unspecified atom stereocenters. The molecule has 1 heteroatoms. The summed E-state index contributed by atoms with van der Waals surface area (Å²) in [6, 6.07) is 6.50. The maximum Gasteiger partial charge on any atom is -0.00366 e. The van der Waals surface area contributed by atoms with Gasteiger partial charge in [0.05, 0.1) is 0 Å². The molecule has 0 atom stereocenters. The van der Waals surface area contributed by atoms with E-state index in [1.165, 1.54) is 16.7 Å². The molecule has 0 aliphatic carbocycles. The summed E-state index contributed by atoms with van der Waals surface area (Å²) in [4.78, 5) is 0. The lowest BCUT2D eigenvalue weighted by Crippen LogP contribution is -2.03. The van der Waals surface area contributed by atoms with E-state index in [2.05, 4.69) is 32.0 Å². The van der Waals surface area contributed by atoms with Crippen molar-refractivity contribution in [1.29, 1.82) is 0 Å². The van der Waals surface area contributed by atoms with Gasteiger partial charge < -0.3 is 5.73 Å². The van der Waals surface area contributed by atoms with Crippen molar-refractivity contribution < 1.29 is 0 Å². The molecule has 0 spiro atoms. The van der Waals surface area contributed by atoms with Gasteiger partial charge in [0, 0.05) is 0 Å². The zero-order valence-corrected chi connectivity index (χ0v) is 7.22. The minimum Gasteiger partial charge on any atom is -0.330 e. The number of hydrogen-bond donors (Lipinski definition) is 1. The second-order valence-corrected chi connectivity index (χ2v) is 2.97. The summed E-state index contributed by atoms with van der Waals surface area (Å²) in [6.45, 7) is 4.99. The summed E-state index contributed by atoms with van der Waals surface area (Å²) in [5.74, 6) is 0. The zero-order valence-electron chi connectivity index (χ0n) is 7.22. The minimum absolute atomic E-state index is 0.740. The molecule has 1 aromatic rings. The highest BCUT2D eigenvalue weighted by Gasteiger charge is 1.95. The molecule has 11 heavy (non-hydrogen) atoms. The predicted molar refractivity (Wildman–Crippen MR) is 48.7 cm³/mol. The van der Waals surface area contributed by atoms with Gasteiger partial charge in [-0.05, 0) is 37.9 Å². The van der Waals surface area contributed by atoms with E-state index in [-0.39, 0.29) is 0 Å². The minimum atomic E-state index is 0.740. The van der Waals surface area contributed by atoms with E-state index in [0.29, 0.717) is 0 Å². The van der Waals surface area contributed by atoms with Crippen LogP contribution in [0.3, 0.4) is 0 Å². The van der Waals surface area contributed by atoms with Crippen molar-refractivity contribution in [3.05, 3.63) is 34.9 Å². The Bertz CT molecular complexity index is 241. The number of nitrogens with two attached hydrogens (primary N) is 1. The molecule has 1 nitrogen and oxygen atoms in total. The Kier molecular flexibility index (Phi) is 2.66. The first-order chi connectivity index (χ1) is 5.24. The van der Waals surface area contributed by atoms with Gasteiger partial charge in [0.25, 0.3) is 0 Å². The van der Waals surface area contributed by atoms with Crippen LogP contribution in [0.1, 0.15) is 16.7 Å². The van der Waals surface area contributed by atoms with E-state index in [1.54, 1.807) is 0 Å². The normalized spacial score (nSPS) is 10.1. The molecule has 60 valence electrons. The molecule has 0 heterocycles. The van der Waals surface area contributed by atoms with Gasteiger partial charge in [0.2, 0.25) is 0 Å². The summed E-state index contributed by atoms with van der Waals surface area (Å²) in [5.41, 5.74) is 9.52. The average Bonchev–Trinajstić information content (AvgIpc) is 1.95. The first kappa shape index (κ1) is 8.28. The van der Waals surface area contributed by atoms with Gasteiger partial charge in [-0.3, -0.25) is 0 Å². The maximum absolute atomic E-state index is 5.47. The topological polar surface area (TPSA) is 26.0 Å². The first-order valence-corrected chi connectivity index (χ1v) is 4.00. The average molecular weight is 149 g/mol. The lowest BCUT2D eigenvalue weighted by Gasteiger charge is -2.04. The van der Waals surface area contributed by atoms with Crippen molar-refractivity contribution in [2.45, 2.75) is 20.3 Å². The highest BCUT2D eigenvalue weighted by Crippen LogP contribution is 2.10. The maximum atomic E-state index is 5.47. The fraction of sp³-hybridized carbons (Fsp3) is 0.400. The molecule has 1 aromatic carbocycles. The lowest BCUT2D eigenvalue weighted by atomic mass is 10.0. The third-order valence-electron chi connectivity index (χ3n) is 1.91. The van der Waals surface area contributed by atoms with Crippen molar-refractivity contribution in [3.8, 4) is 0 Å². The second-order valence-electron chi connectivity index (χ2n) is 2.97. The predicted octanol–water partition coefficient (Wildman–Crippen LogP) is 1.80. The molecule has 0 aliphatic heterocycles. The van der Waals surface area contributed by atoms with Gasteiger partial charge in [-0.15, -0.1) is 0 Å². The molecule has 0 bridgehead atoms. The van der Waals surface area contributed by atoms with Crippen LogP contribution in [0, 0.1) is 13.8 Å². The van der Waals surface area contributed by atoms with Crippen LogP contribution in [-0.4, -0.2) is 6.54 Å². The highest BCUT2D eigenvalue weighted by atomic mass is 14.5. The Morgan fingerprint density at radius 3 is 2.55 bits per heavy atom. The molecule has 0 fully saturated rings. The number of benzene rings is 1. The molecule has 0 saturated heterocycles. The standard InChI is InChI=1S/C10H15N/c1-8-3-4-10(5-6-11)9(2)7-8/h3-4,7H,5-6,11H2,1-2H3. The van der Waals surface area contributed by atoms with Crippen molar-refractivity contribution >= 4 is 0 Å². The Morgan fingerprint density at radius 2 is 2.00 bits per heavy atom. The van der Waals surface area contributed by atoms with Gasteiger partial charge in [-0.1, -0.05) is 23.8 Å². The summed E-state index contributed by atoms with van der Waals surface area (Å²) in [6.07, 6.45) is 0.992. The second kappa shape index (κ2) is 3.54. The highest BCUT2D eigenvalue weighted by molar-refractivity contribution is 5.30. The van der Waals surface area contributed by atoms with Crippen LogP contribution in [0.25, 0.3) is 0 Å². The number of hydrogen-bond acceptors (Lipinski definition) is 1. The summed E-state index contributed by atoms with van der Waals surface area (Å²) in [5, 5.41) is 0. The van der Waals surface area contributed by atoms with Crippen LogP contribution < -0.4 is 5.73 Å². The van der Waals surface area contributed by atoms with E-state index in [1.807, 2.05) is 0 Å². The van der Waals surface area contributed by atoms with Crippen LogP contribution in [0.5, 0.6) is 0 Å². The van der Waals surface area contributed by atoms with Crippen LogP contribution in [0.4, 0.5) is 0 Å². The van der Waals surface area contributed by atoms with Gasteiger partial charge in [0.1, 0.15) is 0 Å². The Labute approximate surface area is 68.2 Å². The van der Waals surface area contributed by atoms with E-state index in [9.17, 15) is 0 Å². The van der Waals surface area contributed by atoms with Crippen molar-refractivity contribution in [1.82, 2.24) is 0 Å². The van der Waals surface area contributed by atoms with Gasteiger partial charge >= 0.3 is 0 Å². The fourth-order valence-electron chi connectivity index (χ4n) is 1.28. The molecule has 0 amide bonds. The smallest absolute Gasteiger partial charge is 0.00366 e. The van der Waals surface area contributed by atoms with E-state index in [4.69, 9.17) is 5.73 Å². The lowest BCUT2D eigenvalue weighted by molar-refractivity contribution is 0.956. The Morgan fingerprint density at radius 1 is 1.27 bits per heavy atom. The van der Waals surface area contributed by atoms with Crippen LogP contribution in [0.15, 0.2) is 18.2 Å². The van der Waals surface area contributed by atoms with E-state index < -0.39 is 0 Å². The summed E-state index contributed by atoms with van der Waals surface area (Å²) in [7, 11) is 0. The zero-order chi connectivity index (χ0) is 8.27. The summed E-state index contributed by atoms with van der Waals surface area (Å²) >= 11 is 0. The monoisotopic (exact) mass is 149 g/mol. The molecular formula is C10H15N. The molecule has 0 radical (unpaired) electrons. The van der Waals surface area contributed by atoms with Gasteiger partial charge in [-0.2, -0.15) is 0 Å². The first-order valence-electron chi connectivity index (χ1n) is 4.00. The van der Waals surface area contributed by atoms with Crippen molar-refractivity contribution in [2.24, 2.45) is 5.73 Å². The largest absolute Gasteiger partial charge is 0.330 e. The van der Waals surface area contributed by atoms with Crippen molar-refractivity contribution in [3.63, 3.8) is 0 Å². The Balaban J connectivity index is 2.90. The third-order valence-corrected chi connectivity index (χ3v) is 1.91. The van der Waals surface area contributed by atoms with Crippen LogP contribution >= 0.6 is 0 Å². The molecular weight excluding hydrogens is 134 g/mol. The quantitative estimate of drug-likeness (QED) is 0.681. The molecule has 0 aromatic heterocycles. The van der Waals surface area contributed by atoms with Gasteiger partial charge in [0.15, 0.2) is 0 Å². The Hall–Kier alpha value is -0.820. The number of aryl methyl sites for hydroxylation is 2. The van der Waals surface area contributed by atoms with E-state index in [0.717, 1.165) is 13.0 Å². The van der Waals surface area contributed by atoms with Gasteiger partial charge in [-0.25, -0.2) is 0 Å². The summed E-state index contributed by atoms with van der Waals surface area (Å²) < 4.78 is 0. The molecule has 1 rings (SSSR count). The van der Waals surface area contributed by atoms with E-state index >= 15 is 0 Å². The van der Waals surface area contributed by atoms with Crippen LogP contribution in [-0.2, 0) is 6.42 Å². The SMILES string of the molecule is Cc1ccc(CCN)c(C)c1. The number of rotatable bonds is 2. The third kappa shape index (κ3) is 2.05. The molecule has 2 N–H and O–H groups in total. The van der Waals surface area contributed by atoms with Crippen molar-refractivity contribution in [2.75, 3.05) is 6.54 Å². The van der Waals surface area contributed by atoms with Crippen LogP contribution in [0.2, 0.25) is 0 Å². The molecule has 0 saturated carbocycles. The molecule has 0 aliphatic rings. The fourth-order valence-corrected chi connectivity index (χ4v) is 1.28.